The van der Waals surface area contributed by atoms with Gasteiger partial charge in [-0.2, -0.15) is 0 Å². The van der Waals surface area contributed by atoms with E-state index in [1.54, 1.807) is 12.1 Å². The molecule has 2 N–H and O–H groups in total. The quantitative estimate of drug-likeness (QED) is 0.865. The standard InChI is InChI=1S/C13H19NO2S/c1-10(11-3-2-4-13(15)9-11)14-12-5-7-17(16)8-6-12/h2-4,9-10,12,14-15H,5-8H2,1H3. The fourth-order valence-corrected chi connectivity index (χ4v) is 3.50. The zero-order valence-electron chi connectivity index (χ0n) is 10.1. The van der Waals surface area contributed by atoms with Crippen LogP contribution in [0.5, 0.6) is 5.75 Å². The van der Waals surface area contributed by atoms with Crippen molar-refractivity contribution in [1.82, 2.24) is 5.32 Å². The molecule has 1 unspecified atom stereocenters. The van der Waals surface area contributed by atoms with Crippen LogP contribution in [-0.2, 0) is 10.8 Å². The second kappa shape index (κ2) is 5.65. The van der Waals surface area contributed by atoms with Gasteiger partial charge in [0.25, 0.3) is 0 Å². The van der Waals surface area contributed by atoms with Gasteiger partial charge in [0, 0.05) is 34.4 Å². The van der Waals surface area contributed by atoms with Gasteiger partial charge in [0.05, 0.1) is 0 Å². The van der Waals surface area contributed by atoms with Crippen LogP contribution in [0.3, 0.4) is 0 Å². The van der Waals surface area contributed by atoms with E-state index in [0.717, 1.165) is 29.9 Å². The topological polar surface area (TPSA) is 49.3 Å². The van der Waals surface area contributed by atoms with Crippen LogP contribution in [0, 0.1) is 0 Å². The van der Waals surface area contributed by atoms with E-state index in [2.05, 4.69) is 12.2 Å². The summed E-state index contributed by atoms with van der Waals surface area (Å²) in [5.41, 5.74) is 1.09. The third-order valence-electron chi connectivity index (χ3n) is 3.24. The van der Waals surface area contributed by atoms with Crippen molar-refractivity contribution < 1.29 is 9.32 Å². The lowest BCUT2D eigenvalue weighted by Crippen LogP contribution is -2.37. The van der Waals surface area contributed by atoms with E-state index >= 15 is 0 Å². The number of rotatable bonds is 3. The first-order valence-corrected chi connectivity index (χ1v) is 7.54. The fraction of sp³-hybridized carbons (Fsp3) is 0.538. The maximum absolute atomic E-state index is 11.3. The monoisotopic (exact) mass is 253 g/mol. The molecule has 0 spiro atoms. The van der Waals surface area contributed by atoms with E-state index in [1.807, 2.05) is 12.1 Å². The van der Waals surface area contributed by atoms with E-state index in [-0.39, 0.29) is 6.04 Å². The lowest BCUT2D eigenvalue weighted by Gasteiger charge is -2.26. The second-order valence-corrected chi connectivity index (χ2v) is 6.30. The Morgan fingerprint density at radius 1 is 1.41 bits per heavy atom. The molecule has 1 aromatic rings. The van der Waals surface area contributed by atoms with Crippen LogP contribution >= 0.6 is 0 Å². The molecule has 1 aliphatic rings. The van der Waals surface area contributed by atoms with Crippen molar-refractivity contribution in [1.29, 1.82) is 0 Å². The summed E-state index contributed by atoms with van der Waals surface area (Å²) >= 11 is 0. The summed E-state index contributed by atoms with van der Waals surface area (Å²) in [7, 11) is -0.604. The van der Waals surface area contributed by atoms with Crippen molar-refractivity contribution in [3.8, 4) is 5.75 Å². The second-order valence-electron chi connectivity index (χ2n) is 4.61. The molecule has 0 saturated carbocycles. The zero-order chi connectivity index (χ0) is 12.3. The van der Waals surface area contributed by atoms with Crippen LogP contribution in [0.4, 0.5) is 0 Å². The summed E-state index contributed by atoms with van der Waals surface area (Å²) < 4.78 is 11.3. The number of aromatic hydroxyl groups is 1. The smallest absolute Gasteiger partial charge is 0.115 e. The molecule has 1 fully saturated rings. The summed E-state index contributed by atoms with van der Waals surface area (Å²) in [4.78, 5) is 0. The maximum Gasteiger partial charge on any atom is 0.115 e. The minimum absolute atomic E-state index is 0.221. The predicted molar refractivity (Wildman–Crippen MR) is 70.6 cm³/mol. The van der Waals surface area contributed by atoms with Crippen LogP contribution in [-0.4, -0.2) is 26.9 Å². The first kappa shape index (κ1) is 12.6. The van der Waals surface area contributed by atoms with E-state index < -0.39 is 10.8 Å². The van der Waals surface area contributed by atoms with Crippen molar-refractivity contribution in [3.05, 3.63) is 29.8 Å². The molecule has 0 aromatic heterocycles. The van der Waals surface area contributed by atoms with Gasteiger partial charge in [-0.05, 0) is 37.5 Å². The molecular weight excluding hydrogens is 234 g/mol. The number of hydrogen-bond donors (Lipinski definition) is 2. The molecule has 3 nitrogen and oxygen atoms in total. The Morgan fingerprint density at radius 2 is 2.12 bits per heavy atom. The van der Waals surface area contributed by atoms with E-state index in [0.29, 0.717) is 11.8 Å². The first-order chi connectivity index (χ1) is 8.15. The molecule has 1 heterocycles. The number of nitrogens with one attached hydrogen (secondary N) is 1. The lowest BCUT2D eigenvalue weighted by atomic mass is 10.1. The molecule has 0 bridgehead atoms. The molecule has 1 atom stereocenters. The molecule has 1 saturated heterocycles. The normalized spacial score (nSPS) is 26.6. The minimum Gasteiger partial charge on any atom is -0.508 e. The largest absolute Gasteiger partial charge is 0.508 e. The summed E-state index contributed by atoms with van der Waals surface area (Å²) in [6.45, 7) is 2.10. The van der Waals surface area contributed by atoms with Gasteiger partial charge in [-0.25, -0.2) is 0 Å². The number of hydrogen-bond acceptors (Lipinski definition) is 3. The van der Waals surface area contributed by atoms with Crippen molar-refractivity contribution >= 4 is 10.8 Å². The number of benzene rings is 1. The van der Waals surface area contributed by atoms with Crippen LogP contribution in [0.15, 0.2) is 24.3 Å². The minimum atomic E-state index is -0.604. The van der Waals surface area contributed by atoms with Gasteiger partial charge in [-0.15, -0.1) is 0 Å². The third kappa shape index (κ3) is 3.54. The van der Waals surface area contributed by atoms with Crippen LogP contribution < -0.4 is 5.32 Å². The molecule has 0 radical (unpaired) electrons. The fourth-order valence-electron chi connectivity index (χ4n) is 2.20. The molecule has 4 heteroatoms. The Labute approximate surface area is 105 Å². The Hall–Kier alpha value is -0.870. The summed E-state index contributed by atoms with van der Waals surface area (Å²) in [5.74, 6) is 1.93. The Balaban J connectivity index is 1.92. The Bertz CT molecular complexity index is 398. The van der Waals surface area contributed by atoms with Gasteiger partial charge < -0.3 is 10.4 Å². The number of phenols is 1. The predicted octanol–water partition coefficient (Wildman–Crippen LogP) is 1.95. The van der Waals surface area contributed by atoms with Crippen LogP contribution in [0.25, 0.3) is 0 Å². The average Bonchev–Trinajstić information content (AvgIpc) is 2.32. The van der Waals surface area contributed by atoms with Gasteiger partial charge in [0.2, 0.25) is 0 Å². The van der Waals surface area contributed by atoms with Gasteiger partial charge in [0.1, 0.15) is 5.75 Å². The SMILES string of the molecule is CC(NC1CCS(=O)CC1)c1cccc(O)c1. The van der Waals surface area contributed by atoms with Crippen LogP contribution in [0.2, 0.25) is 0 Å². The van der Waals surface area contributed by atoms with Crippen molar-refractivity contribution in [2.75, 3.05) is 11.5 Å². The first-order valence-electron chi connectivity index (χ1n) is 6.05. The molecule has 0 aliphatic carbocycles. The summed E-state index contributed by atoms with van der Waals surface area (Å²) in [6, 6.07) is 8.01. The summed E-state index contributed by atoms with van der Waals surface area (Å²) in [5, 5.41) is 13.0. The maximum atomic E-state index is 11.3. The molecule has 1 aromatic carbocycles. The van der Waals surface area contributed by atoms with Gasteiger partial charge in [-0.3, -0.25) is 4.21 Å². The lowest BCUT2D eigenvalue weighted by molar-refractivity contribution is 0.424. The molecule has 2 rings (SSSR count). The highest BCUT2D eigenvalue weighted by molar-refractivity contribution is 7.85. The van der Waals surface area contributed by atoms with E-state index in [4.69, 9.17) is 0 Å². The highest BCUT2D eigenvalue weighted by Gasteiger charge is 2.19. The van der Waals surface area contributed by atoms with Crippen LogP contribution in [0.1, 0.15) is 31.4 Å². The molecular formula is C13H19NO2S. The molecule has 1 aliphatic heterocycles. The van der Waals surface area contributed by atoms with E-state index in [1.165, 1.54) is 0 Å². The van der Waals surface area contributed by atoms with Gasteiger partial charge in [0.15, 0.2) is 0 Å². The number of phenolic OH excluding ortho intramolecular Hbond substituents is 1. The highest BCUT2D eigenvalue weighted by Crippen LogP contribution is 2.20. The summed E-state index contributed by atoms with van der Waals surface area (Å²) in [6.07, 6.45) is 1.96. The van der Waals surface area contributed by atoms with Gasteiger partial charge in [-0.1, -0.05) is 12.1 Å². The molecule has 0 amide bonds. The molecule has 94 valence electrons. The Morgan fingerprint density at radius 3 is 2.76 bits per heavy atom. The van der Waals surface area contributed by atoms with Crippen molar-refractivity contribution in [2.45, 2.75) is 31.8 Å². The average molecular weight is 253 g/mol. The van der Waals surface area contributed by atoms with Crippen molar-refractivity contribution in [2.24, 2.45) is 0 Å². The molecule has 17 heavy (non-hydrogen) atoms. The third-order valence-corrected chi connectivity index (χ3v) is 4.63. The van der Waals surface area contributed by atoms with Crippen molar-refractivity contribution in [3.63, 3.8) is 0 Å². The Kier molecular flexibility index (Phi) is 4.18. The van der Waals surface area contributed by atoms with E-state index in [9.17, 15) is 9.32 Å². The highest BCUT2D eigenvalue weighted by atomic mass is 32.2. The zero-order valence-corrected chi connectivity index (χ0v) is 10.9. The van der Waals surface area contributed by atoms with Gasteiger partial charge >= 0.3 is 0 Å².